The number of hydrogen-bond acceptors (Lipinski definition) is 3. The van der Waals surface area contributed by atoms with Crippen LogP contribution in [0.15, 0.2) is 6.07 Å². The fourth-order valence-electron chi connectivity index (χ4n) is 4.80. The zero-order chi connectivity index (χ0) is 15.4. The Labute approximate surface area is 133 Å². The Kier molecular flexibility index (Phi) is 3.55. The minimum Gasteiger partial charge on any atom is -0.380 e. The number of hydrogen-bond donors (Lipinski definition) is 1. The standard InChI is InChI=1S/C19H27NO2/c1-10-5-11(2)16(9-21-4)12(3)15(10)8-20-17-7-18-13-6-14(13)19(17)22-18/h5,13-14,17-20H,6-9H2,1-4H3/t13-,14+,17-,18+,19+/m1/s1. The van der Waals surface area contributed by atoms with Crippen molar-refractivity contribution in [3.05, 3.63) is 33.9 Å². The molecule has 120 valence electrons. The highest BCUT2D eigenvalue weighted by Gasteiger charge is 2.62. The average Bonchev–Trinajstić information content (AvgIpc) is 3.09. The summed E-state index contributed by atoms with van der Waals surface area (Å²) in [5.74, 6) is 1.76. The Bertz CT molecular complexity index is 598. The van der Waals surface area contributed by atoms with Crippen LogP contribution in [0, 0.1) is 32.6 Å². The lowest BCUT2D eigenvalue weighted by Gasteiger charge is -2.23. The first-order valence-corrected chi connectivity index (χ1v) is 8.56. The van der Waals surface area contributed by atoms with Gasteiger partial charge in [-0.3, -0.25) is 0 Å². The quantitative estimate of drug-likeness (QED) is 0.907. The van der Waals surface area contributed by atoms with Crippen LogP contribution in [-0.4, -0.2) is 25.4 Å². The maximum Gasteiger partial charge on any atom is 0.0764 e. The molecular weight excluding hydrogens is 274 g/mol. The zero-order valence-electron chi connectivity index (χ0n) is 14.1. The van der Waals surface area contributed by atoms with Gasteiger partial charge in [0.05, 0.1) is 18.8 Å². The number of nitrogens with one attached hydrogen (secondary N) is 1. The van der Waals surface area contributed by atoms with Crippen molar-refractivity contribution in [2.45, 2.75) is 65.0 Å². The van der Waals surface area contributed by atoms with Crippen LogP contribution in [-0.2, 0) is 22.6 Å². The molecule has 2 aliphatic heterocycles. The highest BCUT2D eigenvalue weighted by Crippen LogP contribution is 2.58. The van der Waals surface area contributed by atoms with E-state index in [0.717, 1.165) is 18.4 Å². The third kappa shape index (κ3) is 2.22. The normalized spacial score (nSPS) is 35.0. The summed E-state index contributed by atoms with van der Waals surface area (Å²) in [5, 5.41) is 3.79. The molecule has 0 aromatic heterocycles. The topological polar surface area (TPSA) is 30.5 Å². The lowest BCUT2D eigenvalue weighted by Crippen LogP contribution is -2.38. The van der Waals surface area contributed by atoms with E-state index in [0.29, 0.717) is 24.9 Å². The maximum atomic E-state index is 6.09. The summed E-state index contributed by atoms with van der Waals surface area (Å²) < 4.78 is 11.5. The fraction of sp³-hybridized carbons (Fsp3) is 0.684. The van der Waals surface area contributed by atoms with Crippen molar-refractivity contribution in [2.75, 3.05) is 7.11 Å². The molecule has 3 heteroatoms. The van der Waals surface area contributed by atoms with Crippen LogP contribution in [0.25, 0.3) is 0 Å². The molecule has 2 saturated heterocycles. The van der Waals surface area contributed by atoms with Crippen LogP contribution in [0.4, 0.5) is 0 Å². The molecular formula is C19H27NO2. The van der Waals surface area contributed by atoms with Gasteiger partial charge in [-0.15, -0.1) is 0 Å². The van der Waals surface area contributed by atoms with Crippen LogP contribution in [0.5, 0.6) is 0 Å². The van der Waals surface area contributed by atoms with E-state index in [-0.39, 0.29) is 0 Å². The summed E-state index contributed by atoms with van der Waals surface area (Å²) in [5.41, 5.74) is 6.89. The summed E-state index contributed by atoms with van der Waals surface area (Å²) in [6.07, 6.45) is 3.66. The molecule has 1 saturated carbocycles. The molecule has 0 unspecified atom stereocenters. The number of methoxy groups -OCH3 is 1. The van der Waals surface area contributed by atoms with Crippen molar-refractivity contribution in [2.24, 2.45) is 11.8 Å². The third-order valence-corrected chi connectivity index (χ3v) is 6.13. The number of fused-ring (bicyclic) bond motifs is 5. The number of aryl methyl sites for hydroxylation is 2. The molecule has 1 N–H and O–H groups in total. The van der Waals surface area contributed by atoms with Gasteiger partial charge in [0.1, 0.15) is 0 Å². The lowest BCUT2D eigenvalue weighted by atomic mass is 9.92. The smallest absolute Gasteiger partial charge is 0.0764 e. The van der Waals surface area contributed by atoms with Gasteiger partial charge in [0, 0.05) is 19.7 Å². The van der Waals surface area contributed by atoms with E-state index in [9.17, 15) is 0 Å². The molecule has 3 fully saturated rings. The van der Waals surface area contributed by atoms with Gasteiger partial charge in [0.25, 0.3) is 0 Å². The average molecular weight is 301 g/mol. The van der Waals surface area contributed by atoms with Crippen LogP contribution in [0.1, 0.15) is 40.7 Å². The van der Waals surface area contributed by atoms with Crippen LogP contribution < -0.4 is 5.32 Å². The maximum absolute atomic E-state index is 6.09. The summed E-state index contributed by atoms with van der Waals surface area (Å²) in [6.45, 7) is 8.29. The second-order valence-corrected chi connectivity index (χ2v) is 7.45. The molecule has 3 nitrogen and oxygen atoms in total. The molecule has 5 atom stereocenters. The number of benzene rings is 1. The first-order valence-electron chi connectivity index (χ1n) is 8.56. The van der Waals surface area contributed by atoms with Crippen molar-refractivity contribution in [1.82, 2.24) is 5.32 Å². The van der Waals surface area contributed by atoms with E-state index < -0.39 is 0 Å². The highest BCUT2D eigenvalue weighted by atomic mass is 16.5. The first-order chi connectivity index (χ1) is 10.6. The molecule has 1 aromatic rings. The minimum atomic E-state index is 0.486. The van der Waals surface area contributed by atoms with Gasteiger partial charge in [0.2, 0.25) is 0 Å². The molecule has 22 heavy (non-hydrogen) atoms. The molecule has 2 heterocycles. The molecule has 3 aliphatic rings. The molecule has 2 bridgehead atoms. The monoisotopic (exact) mass is 301 g/mol. The Morgan fingerprint density at radius 1 is 1.14 bits per heavy atom. The van der Waals surface area contributed by atoms with Crippen molar-refractivity contribution in [1.29, 1.82) is 0 Å². The largest absolute Gasteiger partial charge is 0.380 e. The Hall–Kier alpha value is -0.900. The first kappa shape index (κ1) is 14.7. The van der Waals surface area contributed by atoms with Gasteiger partial charge < -0.3 is 14.8 Å². The molecule has 1 aliphatic carbocycles. The minimum absolute atomic E-state index is 0.486. The molecule has 0 amide bonds. The number of ether oxygens (including phenoxy) is 2. The van der Waals surface area contributed by atoms with E-state index in [1.165, 1.54) is 40.7 Å². The molecule has 0 spiro atoms. The Morgan fingerprint density at radius 3 is 2.59 bits per heavy atom. The van der Waals surface area contributed by atoms with Gasteiger partial charge in [-0.05, 0) is 73.3 Å². The lowest BCUT2D eigenvalue weighted by molar-refractivity contribution is 0.0657. The molecule has 0 radical (unpaired) electrons. The third-order valence-electron chi connectivity index (χ3n) is 6.13. The van der Waals surface area contributed by atoms with Gasteiger partial charge in [-0.1, -0.05) is 6.07 Å². The van der Waals surface area contributed by atoms with Crippen LogP contribution in [0.3, 0.4) is 0 Å². The Balaban J connectivity index is 1.49. The summed E-state index contributed by atoms with van der Waals surface area (Å²) in [4.78, 5) is 0. The van der Waals surface area contributed by atoms with Crippen molar-refractivity contribution < 1.29 is 9.47 Å². The van der Waals surface area contributed by atoms with E-state index in [2.05, 4.69) is 32.2 Å². The zero-order valence-corrected chi connectivity index (χ0v) is 14.1. The van der Waals surface area contributed by atoms with Gasteiger partial charge in [-0.25, -0.2) is 0 Å². The van der Waals surface area contributed by atoms with Crippen molar-refractivity contribution >= 4 is 0 Å². The van der Waals surface area contributed by atoms with E-state index >= 15 is 0 Å². The van der Waals surface area contributed by atoms with Gasteiger partial charge >= 0.3 is 0 Å². The number of rotatable bonds is 5. The van der Waals surface area contributed by atoms with Gasteiger partial charge in [-0.2, -0.15) is 0 Å². The van der Waals surface area contributed by atoms with E-state index in [1.54, 1.807) is 7.11 Å². The van der Waals surface area contributed by atoms with Crippen molar-refractivity contribution in [3.8, 4) is 0 Å². The fourth-order valence-corrected chi connectivity index (χ4v) is 4.80. The predicted molar refractivity (Wildman–Crippen MR) is 86.9 cm³/mol. The van der Waals surface area contributed by atoms with E-state index in [1.807, 2.05) is 0 Å². The highest BCUT2D eigenvalue weighted by molar-refractivity contribution is 5.44. The van der Waals surface area contributed by atoms with Crippen molar-refractivity contribution in [3.63, 3.8) is 0 Å². The van der Waals surface area contributed by atoms with Gasteiger partial charge in [0.15, 0.2) is 0 Å². The SMILES string of the molecule is COCc1c(C)cc(C)c(CN[C@@H]2C[C@@H]3O[C@H]2[C@H]2C[C@H]23)c1C. The molecule has 4 rings (SSSR count). The second kappa shape index (κ2) is 5.33. The summed E-state index contributed by atoms with van der Waals surface area (Å²) >= 11 is 0. The summed E-state index contributed by atoms with van der Waals surface area (Å²) in [6, 6.07) is 2.85. The second-order valence-electron chi connectivity index (χ2n) is 7.45. The van der Waals surface area contributed by atoms with Crippen LogP contribution >= 0.6 is 0 Å². The predicted octanol–water partition coefficient (Wildman–Crippen LogP) is 3.02. The summed E-state index contributed by atoms with van der Waals surface area (Å²) in [7, 11) is 1.77. The Morgan fingerprint density at radius 2 is 1.91 bits per heavy atom. The molecule has 1 aromatic carbocycles. The van der Waals surface area contributed by atoms with E-state index in [4.69, 9.17) is 9.47 Å². The van der Waals surface area contributed by atoms with Crippen LogP contribution in [0.2, 0.25) is 0 Å².